The lowest BCUT2D eigenvalue weighted by atomic mass is 10.1. The predicted molar refractivity (Wildman–Crippen MR) is 121 cm³/mol. The van der Waals surface area contributed by atoms with E-state index in [4.69, 9.17) is 0 Å². The van der Waals surface area contributed by atoms with E-state index in [9.17, 15) is 24.5 Å². The molecule has 9 heteroatoms. The first kappa shape index (κ1) is 21.3. The summed E-state index contributed by atoms with van der Waals surface area (Å²) in [7, 11) is 0. The van der Waals surface area contributed by atoms with Crippen molar-refractivity contribution in [3.8, 4) is 5.69 Å². The normalized spacial score (nSPS) is 14.9. The van der Waals surface area contributed by atoms with Gasteiger partial charge in [0.15, 0.2) is 5.78 Å². The van der Waals surface area contributed by atoms with Crippen molar-refractivity contribution in [3.05, 3.63) is 98.7 Å². The number of carbonyl (C=O) groups is 3. The molecule has 8 nitrogen and oxygen atoms in total. The highest BCUT2D eigenvalue weighted by Gasteiger charge is 2.36. The van der Waals surface area contributed by atoms with Gasteiger partial charge in [-0.05, 0) is 43.0 Å². The molecule has 4 rings (SSSR count). The summed E-state index contributed by atoms with van der Waals surface area (Å²) in [6.07, 6.45) is 3.25. The molecule has 2 heterocycles. The van der Waals surface area contributed by atoms with Crippen LogP contribution in [0, 0.1) is 17.0 Å². The summed E-state index contributed by atoms with van der Waals surface area (Å²) in [5.74, 6) is -0.874. The molecule has 160 valence electrons. The summed E-state index contributed by atoms with van der Waals surface area (Å²) in [5.41, 5.74) is 2.49. The summed E-state index contributed by atoms with van der Waals surface area (Å²) in [5, 5.41) is 10.6. The number of benzene rings is 2. The second kappa shape index (κ2) is 8.64. The molecule has 0 spiro atoms. The maximum Gasteiger partial charge on any atom is 0.293 e. The Kier molecular flexibility index (Phi) is 5.74. The molecule has 2 aromatic carbocycles. The molecular formula is C23H17N3O5S. The fourth-order valence-electron chi connectivity index (χ4n) is 3.25. The molecule has 0 unspecified atom stereocenters. The molecule has 0 aliphatic carbocycles. The van der Waals surface area contributed by atoms with Gasteiger partial charge in [0.2, 0.25) is 0 Å². The highest BCUT2D eigenvalue weighted by atomic mass is 32.2. The van der Waals surface area contributed by atoms with E-state index in [1.165, 1.54) is 12.1 Å². The molecule has 1 aliphatic heterocycles. The number of amides is 2. The summed E-state index contributed by atoms with van der Waals surface area (Å²) in [6.45, 7) is 1.57. The minimum atomic E-state index is -0.549. The van der Waals surface area contributed by atoms with Gasteiger partial charge in [0.25, 0.3) is 16.8 Å². The predicted octanol–water partition coefficient (Wildman–Crippen LogP) is 4.61. The van der Waals surface area contributed by atoms with Crippen LogP contribution in [0.25, 0.3) is 11.8 Å². The van der Waals surface area contributed by atoms with E-state index in [0.29, 0.717) is 16.9 Å². The van der Waals surface area contributed by atoms with Crippen LogP contribution in [0.2, 0.25) is 0 Å². The molecule has 1 aromatic heterocycles. The summed E-state index contributed by atoms with van der Waals surface area (Å²) >= 11 is 0.756. The van der Waals surface area contributed by atoms with E-state index in [0.717, 1.165) is 22.2 Å². The largest absolute Gasteiger partial charge is 0.317 e. The fourth-order valence-corrected chi connectivity index (χ4v) is 4.07. The quantitative estimate of drug-likeness (QED) is 0.237. The van der Waals surface area contributed by atoms with Gasteiger partial charge in [0.1, 0.15) is 0 Å². The molecule has 3 aromatic rings. The number of hydrogen-bond donors (Lipinski definition) is 0. The van der Waals surface area contributed by atoms with E-state index >= 15 is 0 Å². The zero-order chi connectivity index (χ0) is 22.8. The van der Waals surface area contributed by atoms with Crippen LogP contribution < -0.4 is 0 Å². The number of rotatable bonds is 6. The molecule has 1 aliphatic rings. The fraction of sp³-hybridized carbons (Fsp3) is 0.0870. The number of Topliss-reactive ketones (excluding diaryl/α,β-unsaturated/α-hetero) is 1. The number of thioether (sulfide) groups is 1. The Morgan fingerprint density at radius 1 is 1.09 bits per heavy atom. The number of nitro groups is 1. The molecule has 32 heavy (non-hydrogen) atoms. The highest BCUT2D eigenvalue weighted by Crippen LogP contribution is 2.33. The first-order valence-corrected chi connectivity index (χ1v) is 10.4. The Balaban J connectivity index is 1.57. The zero-order valence-corrected chi connectivity index (χ0v) is 17.7. The molecule has 0 N–H and O–H groups in total. The number of carbonyl (C=O) groups excluding carboxylic acids is 3. The van der Waals surface area contributed by atoms with Crippen molar-refractivity contribution in [2.45, 2.75) is 6.92 Å². The van der Waals surface area contributed by atoms with Crippen LogP contribution in [-0.2, 0) is 4.79 Å². The molecule has 0 saturated carbocycles. The number of ketones is 1. The molecular weight excluding hydrogens is 430 g/mol. The van der Waals surface area contributed by atoms with Gasteiger partial charge in [0, 0.05) is 29.6 Å². The zero-order valence-electron chi connectivity index (χ0n) is 16.9. The van der Waals surface area contributed by atoms with Crippen LogP contribution in [-0.4, -0.2) is 37.9 Å². The Labute approximate surface area is 187 Å². The standard InChI is InChI=1S/C23H17N3O5S/c1-15-7-9-16(10-8-15)20(27)14-25-22(28)21(32-23(25)29)13-18-6-3-11-24(18)17-4-2-5-19(12-17)26(30)31/h2-13H,14H2,1H3/b21-13-. The first-order valence-electron chi connectivity index (χ1n) is 9.61. The van der Waals surface area contributed by atoms with Crippen LogP contribution in [0.5, 0.6) is 0 Å². The average molecular weight is 447 g/mol. The molecule has 2 amide bonds. The second-order valence-corrected chi connectivity index (χ2v) is 8.13. The first-order chi connectivity index (χ1) is 15.3. The number of aromatic nitrogens is 1. The highest BCUT2D eigenvalue weighted by molar-refractivity contribution is 8.18. The third-order valence-corrected chi connectivity index (χ3v) is 5.83. The van der Waals surface area contributed by atoms with Crippen LogP contribution in [0.15, 0.2) is 71.8 Å². The topological polar surface area (TPSA) is 103 Å². The second-order valence-electron chi connectivity index (χ2n) is 7.14. The number of imide groups is 1. The molecule has 0 atom stereocenters. The number of hydrogen-bond acceptors (Lipinski definition) is 6. The molecule has 0 bridgehead atoms. The van der Waals surface area contributed by atoms with E-state index < -0.39 is 16.1 Å². The smallest absolute Gasteiger partial charge is 0.293 e. The van der Waals surface area contributed by atoms with Gasteiger partial charge in [0.05, 0.1) is 22.1 Å². The Morgan fingerprint density at radius 2 is 1.84 bits per heavy atom. The van der Waals surface area contributed by atoms with Crippen LogP contribution in [0.3, 0.4) is 0 Å². The lowest BCUT2D eigenvalue weighted by Crippen LogP contribution is -2.33. The van der Waals surface area contributed by atoms with Crippen molar-refractivity contribution in [2.75, 3.05) is 6.54 Å². The van der Waals surface area contributed by atoms with E-state index in [2.05, 4.69) is 0 Å². The summed E-state index contributed by atoms with van der Waals surface area (Å²) in [6, 6.07) is 16.5. The van der Waals surface area contributed by atoms with Crippen molar-refractivity contribution in [3.63, 3.8) is 0 Å². The number of non-ortho nitro benzene ring substituents is 1. The minimum Gasteiger partial charge on any atom is -0.317 e. The van der Waals surface area contributed by atoms with Crippen molar-refractivity contribution in [1.29, 1.82) is 0 Å². The van der Waals surface area contributed by atoms with Crippen LogP contribution in [0.1, 0.15) is 21.6 Å². The van der Waals surface area contributed by atoms with Crippen molar-refractivity contribution >= 4 is 40.5 Å². The Morgan fingerprint density at radius 3 is 2.56 bits per heavy atom. The van der Waals surface area contributed by atoms with Gasteiger partial charge in [-0.15, -0.1) is 0 Å². The third-order valence-electron chi connectivity index (χ3n) is 4.93. The van der Waals surface area contributed by atoms with E-state index in [1.807, 2.05) is 6.92 Å². The summed E-state index contributed by atoms with van der Waals surface area (Å²) in [4.78, 5) is 49.4. The van der Waals surface area contributed by atoms with E-state index in [1.54, 1.807) is 65.4 Å². The maximum atomic E-state index is 12.8. The van der Waals surface area contributed by atoms with E-state index in [-0.39, 0.29) is 22.9 Å². The SMILES string of the molecule is Cc1ccc(C(=O)CN2C(=O)S/C(=C\c3cccn3-c3cccc([N+](=O)[O-])c3)C2=O)cc1. The van der Waals surface area contributed by atoms with Gasteiger partial charge < -0.3 is 4.57 Å². The van der Waals surface area contributed by atoms with Crippen LogP contribution >= 0.6 is 11.8 Å². The lowest BCUT2D eigenvalue weighted by molar-refractivity contribution is -0.384. The average Bonchev–Trinajstić information content (AvgIpc) is 3.34. The van der Waals surface area contributed by atoms with Gasteiger partial charge in [-0.2, -0.15) is 0 Å². The Hall–Kier alpha value is -3.98. The minimum absolute atomic E-state index is 0.0582. The number of nitro benzene ring substituents is 1. The third kappa shape index (κ3) is 4.23. The number of aryl methyl sites for hydroxylation is 1. The maximum absolute atomic E-state index is 12.8. The van der Waals surface area contributed by atoms with Gasteiger partial charge in [-0.1, -0.05) is 35.9 Å². The summed E-state index contributed by atoms with van der Waals surface area (Å²) < 4.78 is 1.68. The van der Waals surface area contributed by atoms with Crippen molar-refractivity contribution in [1.82, 2.24) is 9.47 Å². The number of nitrogens with zero attached hydrogens (tertiary/aromatic N) is 3. The molecule has 1 saturated heterocycles. The lowest BCUT2D eigenvalue weighted by Gasteiger charge is -2.11. The van der Waals surface area contributed by atoms with Crippen molar-refractivity contribution in [2.24, 2.45) is 0 Å². The molecule has 1 fully saturated rings. The van der Waals surface area contributed by atoms with Crippen molar-refractivity contribution < 1.29 is 19.3 Å². The Bertz CT molecular complexity index is 1280. The monoisotopic (exact) mass is 447 g/mol. The van der Waals surface area contributed by atoms with Gasteiger partial charge in [-0.25, -0.2) is 0 Å². The van der Waals surface area contributed by atoms with Gasteiger partial charge >= 0.3 is 0 Å². The van der Waals surface area contributed by atoms with Gasteiger partial charge in [-0.3, -0.25) is 29.4 Å². The van der Waals surface area contributed by atoms with Crippen LogP contribution in [0.4, 0.5) is 10.5 Å². The molecule has 0 radical (unpaired) electrons.